The smallest absolute Gasteiger partial charge is 0.550 e. The molecule has 1 unspecified atom stereocenters. The maximum atomic E-state index is 13.8. The van der Waals surface area contributed by atoms with Crippen molar-refractivity contribution in [2.24, 2.45) is 27.6 Å². The minimum atomic E-state index is -4.41. The van der Waals surface area contributed by atoms with Gasteiger partial charge in [-0.05, 0) is 50.9 Å². The van der Waals surface area contributed by atoms with Gasteiger partial charge in [-0.15, -0.1) is 0 Å². The Hall–Kier alpha value is -9.27. The van der Waals surface area contributed by atoms with Gasteiger partial charge in [-0.1, -0.05) is 203 Å². The number of benzene rings is 6. The molecule has 0 radical (unpaired) electrons. The second-order valence-electron chi connectivity index (χ2n) is 28.8. The van der Waals surface area contributed by atoms with E-state index in [0.29, 0.717) is 0 Å². The summed E-state index contributed by atoms with van der Waals surface area (Å²) in [6.07, 6.45) is -0.674. The molecule has 0 spiro atoms. The van der Waals surface area contributed by atoms with Crippen LogP contribution < -0.4 is 42.1 Å². The molecule has 46 nitrogen and oxygen atoms in total. The van der Waals surface area contributed by atoms with Crippen molar-refractivity contribution in [3.63, 3.8) is 0 Å². The molecule has 0 aliphatic heterocycles. The van der Waals surface area contributed by atoms with Crippen LogP contribution in [-0.4, -0.2) is 293 Å². The van der Waals surface area contributed by atoms with E-state index in [4.69, 9.17) is 0 Å². The average molecular weight is 2090 g/mol. The van der Waals surface area contributed by atoms with Gasteiger partial charge >= 0.3 is 91.4 Å². The number of carboxylic acids is 2. The number of hydrogen-bond acceptors (Lipinski definition) is 34. The summed E-state index contributed by atoms with van der Waals surface area (Å²) in [5.74, 6) is -17.5. The summed E-state index contributed by atoms with van der Waals surface area (Å²) in [5, 5.41) is 34.7. The van der Waals surface area contributed by atoms with Crippen LogP contribution in [0.25, 0.3) is 0 Å². The fourth-order valence-corrected chi connectivity index (χ4v) is 15.5. The molecule has 0 saturated carbocycles. The van der Waals surface area contributed by atoms with Crippen LogP contribution in [0.3, 0.4) is 0 Å². The number of rotatable bonds is 46. The van der Waals surface area contributed by atoms with Crippen LogP contribution in [0.15, 0.2) is 182 Å². The quantitative estimate of drug-likeness (QED) is 0.00730. The maximum Gasteiger partial charge on any atom is 3.00 e. The SMILES string of the molecule is CC(CC(C)(C)C(=O)[O-])C(=O)[O-].O.O.O.O.O.O.O=C(NCCC[Si](O)(O)O)C(C(=O)NCCC[Si](O)(O)O)(C(=O)c1ccccc1)C(=O)c1ccccc1.O=C(NCCC[Si](O)(O)O)C(C(=O)NCCC[Si](O)(O)O)(C(=O)c1ccccc1)C(=O)c1ccccc1.O=C(NCCC[Si](O)(O)O)C(C(=O)NCCC[Si](O)(O)O)(C(=O)c1ccccc1)C(=O)c1ccccc1.[Tb+3]. The topological polar surface area (TPSA) is 910 Å². The number of carboxylic acid groups (broad SMARTS) is 2. The van der Waals surface area contributed by atoms with E-state index in [-0.39, 0.29) is 189 Å². The third-order valence-electron chi connectivity index (χ3n) is 17.9. The molecule has 1 atom stereocenters. The fourth-order valence-electron chi connectivity index (χ4n) is 11.6. The van der Waals surface area contributed by atoms with Crippen molar-refractivity contribution >= 4 is 135 Å². The van der Waals surface area contributed by atoms with Crippen molar-refractivity contribution in [2.45, 2.75) is 102 Å². The van der Waals surface area contributed by atoms with Crippen LogP contribution in [0.2, 0.25) is 36.3 Å². The number of hydrogen-bond donors (Lipinski definition) is 24. The molecule has 6 aromatic carbocycles. The van der Waals surface area contributed by atoms with Crippen LogP contribution in [0.1, 0.15) is 128 Å². The molecule has 724 valence electrons. The first-order valence-electron chi connectivity index (χ1n) is 37.9. The Labute approximate surface area is 780 Å². The minimum Gasteiger partial charge on any atom is -0.550 e. The van der Waals surface area contributed by atoms with E-state index in [1.54, 1.807) is 36.4 Å². The summed E-state index contributed by atoms with van der Waals surface area (Å²) < 4.78 is 0. The van der Waals surface area contributed by atoms with E-state index < -0.39 is 199 Å². The first kappa shape index (κ1) is 129. The number of ketones is 6. The molecule has 6 aromatic rings. The van der Waals surface area contributed by atoms with E-state index >= 15 is 0 Å². The average Bonchev–Trinajstić information content (AvgIpc) is 0.757. The standard InChI is InChI=1S/3C23H30N2O10Si2.C8H14O4.6H2O.Tb/c3*26-19(17-9-3-1-4-10-17)23(20(27)18-11-5-2-6-12-18,21(28)24-13-7-15-36(30,31)32)22(29)25-14-8-16-37(33,34)35;1-5(6(9)10)4-8(2,3)7(11)12;;;;;;;/h3*1-6,9-12,30-35H,7-8,13-16H2,(H,24,28)(H,25,29);5H,4H2,1-3H3,(H,9,10)(H,11,12);6*1H2;/q;;;;;;;;;;+3/p-2. The molecule has 0 aromatic heterocycles. The van der Waals surface area contributed by atoms with Gasteiger partial charge in [0.15, 0.2) is 34.7 Å². The number of Topliss-reactive ketones (excluding diaryl/α,β-unsaturated/α-hetero) is 6. The molecule has 36 N–H and O–H groups in total. The molecule has 0 aliphatic rings. The third-order valence-corrected chi connectivity index (χ3v) is 24.1. The second kappa shape index (κ2) is 59.3. The molecule has 6 amide bonds. The Morgan fingerprint density at radius 1 is 0.269 bits per heavy atom. The van der Waals surface area contributed by atoms with Crippen molar-refractivity contribution < 1.29 is 235 Å². The molecule has 0 aliphatic carbocycles. The zero-order valence-corrected chi connectivity index (χ0v) is 78.4. The van der Waals surface area contributed by atoms with Crippen LogP contribution in [-0.2, 0) is 38.4 Å². The molecule has 0 saturated heterocycles. The van der Waals surface area contributed by atoms with Gasteiger partial charge < -0.3 is 171 Å². The molecule has 0 fully saturated rings. The Morgan fingerprint density at radius 3 is 0.508 bits per heavy atom. The zero-order chi connectivity index (χ0) is 93.0. The van der Waals surface area contributed by atoms with Crippen molar-refractivity contribution in [1.82, 2.24) is 31.9 Å². The zero-order valence-electron chi connectivity index (χ0n) is 70.2. The van der Waals surface area contributed by atoms with Crippen molar-refractivity contribution in [3.8, 4) is 0 Å². The Kier molecular flexibility index (Phi) is 58.9. The molecule has 0 heterocycles. The van der Waals surface area contributed by atoms with Gasteiger partial charge in [-0.3, -0.25) is 57.5 Å². The molecular formula is C77H114N6O40Si6Tb+. The number of nitrogens with one attached hydrogen (secondary N) is 6. The third kappa shape index (κ3) is 42.1. The summed E-state index contributed by atoms with van der Waals surface area (Å²) in [7, 11) is -26.4. The van der Waals surface area contributed by atoms with Gasteiger partial charge in [0.05, 0.1) is 0 Å². The number of carbonyl (C=O) groups excluding carboxylic acids is 14. The maximum absolute atomic E-state index is 13.8. The number of aliphatic carboxylic acids is 2. The largest absolute Gasteiger partial charge is 3.00 e. The van der Waals surface area contributed by atoms with Gasteiger partial charge in [0, 0.05) is 126 Å². The Morgan fingerprint density at radius 2 is 0.400 bits per heavy atom. The molecule has 6 rings (SSSR count). The second-order valence-corrected chi connectivity index (χ2v) is 41.1. The van der Waals surface area contributed by atoms with Crippen molar-refractivity contribution in [2.75, 3.05) is 39.3 Å². The van der Waals surface area contributed by atoms with E-state index in [2.05, 4.69) is 31.9 Å². The van der Waals surface area contributed by atoms with Crippen LogP contribution in [0.5, 0.6) is 0 Å². The summed E-state index contributed by atoms with van der Waals surface area (Å²) in [6, 6.07) is 40.9. The van der Waals surface area contributed by atoms with Crippen molar-refractivity contribution in [3.05, 3.63) is 215 Å². The normalized spacial score (nSPS) is 11.6. The summed E-state index contributed by atoms with van der Waals surface area (Å²) >= 11 is 0. The summed E-state index contributed by atoms with van der Waals surface area (Å²) in [5.41, 5.74) is -10.5. The Balaban J connectivity index is -0.000000550. The van der Waals surface area contributed by atoms with Gasteiger partial charge in [0.25, 0.3) is 51.7 Å². The van der Waals surface area contributed by atoms with Gasteiger partial charge in [-0.25, -0.2) is 0 Å². The fraction of sp³-hybridized carbons (Fsp3) is 0.351. The predicted molar refractivity (Wildman–Crippen MR) is 460 cm³/mol. The first-order chi connectivity index (χ1) is 57.1. The number of amides is 6. The molecule has 0 bridgehead atoms. The van der Waals surface area contributed by atoms with E-state index in [1.165, 1.54) is 166 Å². The van der Waals surface area contributed by atoms with Crippen molar-refractivity contribution in [1.29, 1.82) is 0 Å². The van der Waals surface area contributed by atoms with Gasteiger partial charge in [0.1, 0.15) is 0 Å². The minimum absolute atomic E-state index is 0. The molecule has 130 heavy (non-hydrogen) atoms. The van der Waals surface area contributed by atoms with E-state index in [1.807, 2.05) is 0 Å². The van der Waals surface area contributed by atoms with E-state index in [0.717, 1.165) is 0 Å². The van der Waals surface area contributed by atoms with Crippen LogP contribution >= 0.6 is 0 Å². The predicted octanol–water partition coefficient (Wildman–Crippen LogP) is -10.7. The summed E-state index contributed by atoms with van der Waals surface area (Å²) in [4.78, 5) is 350. The monoisotopic (exact) mass is 2090 g/mol. The number of carbonyl (C=O) groups is 14. The Bertz CT molecular complexity index is 3850. The molecular weight excluding hydrogens is 1980 g/mol. The van der Waals surface area contributed by atoms with Gasteiger partial charge in [-0.2, -0.15) is 0 Å². The first-order valence-corrected chi connectivity index (χ1v) is 50.2. The van der Waals surface area contributed by atoms with Gasteiger partial charge in [0.2, 0.25) is 0 Å². The van der Waals surface area contributed by atoms with Crippen LogP contribution in [0.4, 0.5) is 0 Å². The van der Waals surface area contributed by atoms with Crippen LogP contribution in [0, 0.1) is 66.2 Å². The molecule has 53 heteroatoms. The van der Waals surface area contributed by atoms with E-state index in [9.17, 15) is 164 Å². The summed E-state index contributed by atoms with van der Waals surface area (Å²) in [6.45, 7) is 2.54.